The van der Waals surface area contributed by atoms with Gasteiger partial charge in [0, 0.05) is 22.0 Å². The van der Waals surface area contributed by atoms with Crippen LogP contribution in [0.4, 0.5) is 18.9 Å². The van der Waals surface area contributed by atoms with E-state index in [4.69, 9.17) is 27.9 Å². The highest BCUT2D eigenvalue weighted by Crippen LogP contribution is 2.35. The molecule has 9 nitrogen and oxygen atoms in total. The minimum atomic E-state index is -5.00. The van der Waals surface area contributed by atoms with Crippen molar-refractivity contribution in [3.63, 3.8) is 0 Å². The summed E-state index contributed by atoms with van der Waals surface area (Å²) in [7, 11) is 0. The molecule has 53 heavy (non-hydrogen) atoms. The van der Waals surface area contributed by atoms with Crippen molar-refractivity contribution in [2.24, 2.45) is 0 Å². The molecule has 5 aromatic carbocycles. The number of amides is 2. The number of benzene rings is 5. The molecule has 0 aliphatic rings. The van der Waals surface area contributed by atoms with Gasteiger partial charge >= 0.3 is 12.1 Å². The lowest BCUT2D eigenvalue weighted by Crippen LogP contribution is -2.42. The summed E-state index contributed by atoms with van der Waals surface area (Å²) in [6.07, 6.45) is -4.37. The Morgan fingerprint density at radius 1 is 0.792 bits per heavy atom. The van der Waals surface area contributed by atoms with E-state index in [-0.39, 0.29) is 33.4 Å². The molecule has 268 valence electrons. The zero-order valence-corrected chi connectivity index (χ0v) is 28.8. The van der Waals surface area contributed by atoms with Crippen LogP contribution in [0.1, 0.15) is 32.0 Å². The summed E-state index contributed by atoms with van der Waals surface area (Å²) in [5.41, 5.74) is -0.473. The number of carbonyl (C=O) groups is 3. The fourth-order valence-corrected chi connectivity index (χ4v) is 5.77. The average molecular weight is 760 g/mol. The first-order chi connectivity index (χ1) is 25.4. The molecular formula is C39H27Cl2F3N4O5. The number of alkyl halides is 3. The van der Waals surface area contributed by atoms with Gasteiger partial charge in [0.2, 0.25) is 0 Å². The predicted molar refractivity (Wildman–Crippen MR) is 194 cm³/mol. The maximum atomic E-state index is 14.3. The Hall–Kier alpha value is -6.11. The van der Waals surface area contributed by atoms with Gasteiger partial charge < -0.3 is 20.5 Å². The Kier molecular flexibility index (Phi) is 10.8. The number of ether oxygens (including phenoxy) is 1. The maximum absolute atomic E-state index is 14.3. The molecular weight excluding hydrogens is 732 g/mol. The summed E-state index contributed by atoms with van der Waals surface area (Å²) in [6.45, 7) is 0. The summed E-state index contributed by atoms with van der Waals surface area (Å²) < 4.78 is 49.4. The number of hydrogen-bond acceptors (Lipinski definition) is 5. The number of carbonyl (C=O) groups excluding carboxylic acids is 2. The molecule has 0 aliphatic carbocycles. The van der Waals surface area contributed by atoms with E-state index in [1.807, 2.05) is 54.6 Å². The van der Waals surface area contributed by atoms with Gasteiger partial charge in [-0.1, -0.05) is 83.9 Å². The molecule has 14 heteroatoms. The van der Waals surface area contributed by atoms with Crippen LogP contribution in [-0.2, 0) is 17.4 Å². The number of aliphatic carboxylic acids is 1. The number of carboxylic acid groups (broad SMARTS) is 1. The van der Waals surface area contributed by atoms with E-state index in [1.54, 1.807) is 24.3 Å². The van der Waals surface area contributed by atoms with Crippen LogP contribution in [0.25, 0.3) is 16.8 Å². The third-order valence-corrected chi connectivity index (χ3v) is 8.48. The molecule has 6 rings (SSSR count). The molecule has 0 saturated carbocycles. The van der Waals surface area contributed by atoms with E-state index in [9.17, 15) is 32.7 Å². The number of anilines is 1. The van der Waals surface area contributed by atoms with Crippen molar-refractivity contribution < 1.29 is 37.4 Å². The lowest BCUT2D eigenvalue weighted by atomic mass is 9.99. The maximum Gasteiger partial charge on any atom is 0.434 e. The molecule has 3 N–H and O–H groups in total. The first-order valence-electron chi connectivity index (χ1n) is 15.8. The van der Waals surface area contributed by atoms with Crippen LogP contribution < -0.4 is 15.4 Å². The topological polar surface area (TPSA) is 123 Å². The Balaban J connectivity index is 1.20. The van der Waals surface area contributed by atoms with Gasteiger partial charge in [-0.25, -0.2) is 9.48 Å². The molecule has 0 bridgehead atoms. The molecule has 1 atom stereocenters. The Morgan fingerprint density at radius 2 is 1.45 bits per heavy atom. The van der Waals surface area contributed by atoms with Gasteiger partial charge in [-0.2, -0.15) is 18.3 Å². The number of carboxylic acids is 1. The van der Waals surface area contributed by atoms with Gasteiger partial charge in [-0.15, -0.1) is 0 Å². The molecule has 0 aliphatic heterocycles. The molecule has 6 aromatic rings. The third kappa shape index (κ3) is 8.68. The van der Waals surface area contributed by atoms with Gasteiger partial charge in [0.15, 0.2) is 5.69 Å². The van der Waals surface area contributed by atoms with Crippen LogP contribution >= 0.6 is 23.2 Å². The molecule has 0 radical (unpaired) electrons. The number of hydrogen-bond donors (Lipinski definition) is 3. The fourth-order valence-electron chi connectivity index (χ4n) is 5.47. The largest absolute Gasteiger partial charge is 0.480 e. The first kappa shape index (κ1) is 36.7. The summed E-state index contributed by atoms with van der Waals surface area (Å²) in [4.78, 5) is 39.1. The summed E-state index contributed by atoms with van der Waals surface area (Å²) in [6, 6.07) is 31.4. The standard InChI is InChI=1S/C39H27Cl2F3N4O5/c40-25-14-17-27(18-15-25)48-35(39(42,43)44)31(22-45-48)37(50)46-32-19-16-26(41)21-30(32)36(49)47-33(38(51)52)20-23-10-12-24(13-11-23)29-8-4-5-9-34(29)53-28-6-2-1-3-7-28/h1-19,21-22,33H,20H2,(H,46,50)(H,47,49)(H,51,52)/t33-/m0/s1. The minimum Gasteiger partial charge on any atom is -0.480 e. The van der Waals surface area contributed by atoms with Gasteiger partial charge in [0.1, 0.15) is 17.5 Å². The number of para-hydroxylation sites is 2. The lowest BCUT2D eigenvalue weighted by molar-refractivity contribution is -0.143. The number of nitrogens with one attached hydrogen (secondary N) is 2. The van der Waals surface area contributed by atoms with E-state index in [2.05, 4.69) is 15.7 Å². The van der Waals surface area contributed by atoms with E-state index in [1.165, 1.54) is 36.4 Å². The number of aromatic nitrogens is 2. The second-order valence-electron chi connectivity index (χ2n) is 11.6. The molecule has 1 heterocycles. The second-order valence-corrected chi connectivity index (χ2v) is 12.5. The smallest absolute Gasteiger partial charge is 0.434 e. The van der Waals surface area contributed by atoms with Gasteiger partial charge in [-0.05, 0) is 71.8 Å². The highest BCUT2D eigenvalue weighted by Gasteiger charge is 2.41. The number of halogens is 5. The first-order valence-corrected chi connectivity index (χ1v) is 16.6. The van der Waals surface area contributed by atoms with E-state index < -0.39 is 41.3 Å². The van der Waals surface area contributed by atoms with Crippen molar-refractivity contribution >= 4 is 46.7 Å². The summed E-state index contributed by atoms with van der Waals surface area (Å²) in [5, 5.41) is 18.9. The number of rotatable bonds is 11. The zero-order chi connectivity index (χ0) is 37.7. The Labute approximate surface area is 310 Å². The third-order valence-electron chi connectivity index (χ3n) is 7.99. The van der Waals surface area contributed by atoms with Crippen molar-refractivity contribution in [2.75, 3.05) is 5.32 Å². The SMILES string of the molecule is O=C(N[C@@H](Cc1ccc(-c2ccccc2Oc2ccccc2)cc1)C(=O)O)c1cc(Cl)ccc1NC(=O)c1cnn(-c2ccc(Cl)cc2)c1C(F)(F)F. The lowest BCUT2D eigenvalue weighted by Gasteiger charge is -2.18. The van der Waals surface area contributed by atoms with Crippen molar-refractivity contribution in [1.82, 2.24) is 15.1 Å². The van der Waals surface area contributed by atoms with Crippen LogP contribution in [0.15, 0.2) is 128 Å². The van der Waals surface area contributed by atoms with Crippen LogP contribution in [0.2, 0.25) is 10.0 Å². The van der Waals surface area contributed by atoms with E-state index in [0.29, 0.717) is 21.7 Å². The highest BCUT2D eigenvalue weighted by molar-refractivity contribution is 6.31. The zero-order valence-electron chi connectivity index (χ0n) is 27.3. The fraction of sp³-hybridized carbons (Fsp3) is 0.0769. The van der Waals surface area contributed by atoms with Crippen molar-refractivity contribution in [3.8, 4) is 28.3 Å². The van der Waals surface area contributed by atoms with Gasteiger partial charge in [0.05, 0.1) is 28.7 Å². The Bertz CT molecular complexity index is 2280. The van der Waals surface area contributed by atoms with Gasteiger partial charge in [-0.3, -0.25) is 9.59 Å². The van der Waals surface area contributed by atoms with Crippen LogP contribution in [0, 0.1) is 0 Å². The molecule has 2 amide bonds. The van der Waals surface area contributed by atoms with Crippen LogP contribution in [0.3, 0.4) is 0 Å². The Morgan fingerprint density at radius 3 is 2.13 bits per heavy atom. The number of nitrogens with zero attached hydrogens (tertiary/aromatic N) is 2. The van der Waals surface area contributed by atoms with Crippen molar-refractivity contribution in [3.05, 3.63) is 160 Å². The normalized spacial score (nSPS) is 11.8. The van der Waals surface area contributed by atoms with Crippen molar-refractivity contribution in [1.29, 1.82) is 0 Å². The van der Waals surface area contributed by atoms with Gasteiger partial charge in [0.25, 0.3) is 11.8 Å². The highest BCUT2D eigenvalue weighted by atomic mass is 35.5. The summed E-state index contributed by atoms with van der Waals surface area (Å²) in [5.74, 6) is -2.22. The monoisotopic (exact) mass is 758 g/mol. The quantitative estimate of drug-likeness (QED) is 0.121. The predicted octanol–water partition coefficient (Wildman–Crippen LogP) is 9.34. The molecule has 0 unspecified atom stereocenters. The van der Waals surface area contributed by atoms with E-state index >= 15 is 0 Å². The average Bonchev–Trinajstić information content (AvgIpc) is 3.60. The summed E-state index contributed by atoms with van der Waals surface area (Å²) >= 11 is 12.0. The molecule has 0 saturated heterocycles. The molecule has 0 fully saturated rings. The van der Waals surface area contributed by atoms with E-state index in [0.717, 1.165) is 23.4 Å². The molecule has 1 aromatic heterocycles. The molecule has 0 spiro atoms. The van der Waals surface area contributed by atoms with Crippen molar-refractivity contribution in [2.45, 2.75) is 18.6 Å². The van der Waals surface area contributed by atoms with Crippen LogP contribution in [0.5, 0.6) is 11.5 Å². The van der Waals surface area contributed by atoms with Crippen LogP contribution in [-0.4, -0.2) is 38.7 Å². The minimum absolute atomic E-state index is 0.00331. The second kappa shape index (κ2) is 15.6.